The average molecular weight is 174 g/mol. The molecule has 0 aromatic rings. The van der Waals surface area contributed by atoms with Crippen molar-refractivity contribution in [2.45, 2.75) is 38.3 Å². The Morgan fingerprint density at radius 1 is 0.750 bits per heavy atom. The van der Waals surface area contributed by atoms with E-state index in [-0.39, 0.29) is 12.1 Å². The van der Waals surface area contributed by atoms with Crippen LogP contribution in [0.1, 0.15) is 13.8 Å². The van der Waals surface area contributed by atoms with Gasteiger partial charge in [-0.25, -0.2) is 0 Å². The van der Waals surface area contributed by atoms with Gasteiger partial charge in [0.2, 0.25) is 0 Å². The van der Waals surface area contributed by atoms with Gasteiger partial charge in [-0.3, -0.25) is 0 Å². The molecule has 0 aliphatic rings. The number of hydrogen-bond acceptors (Lipinski definition) is 6. The lowest BCUT2D eigenvalue weighted by atomic mass is 10.3. The smallest absolute Gasteiger partial charge is 0.0960 e. The van der Waals surface area contributed by atoms with Crippen LogP contribution in [0.4, 0.5) is 0 Å². The molecule has 2 atom stereocenters. The first-order chi connectivity index (χ1) is 5.45. The number of rotatable bonds is 4. The SMILES string of the molecule is CC(/N=N/C(C)C(N)N)C(N)N. The molecule has 0 rings (SSSR count). The molecule has 0 bridgehead atoms. The molecule has 0 fully saturated rings. The summed E-state index contributed by atoms with van der Waals surface area (Å²) in [5, 5.41) is 7.72. The lowest BCUT2D eigenvalue weighted by Gasteiger charge is -2.12. The zero-order valence-electron chi connectivity index (χ0n) is 7.51. The first kappa shape index (κ1) is 11.4. The van der Waals surface area contributed by atoms with Gasteiger partial charge in [-0.1, -0.05) is 0 Å². The van der Waals surface area contributed by atoms with Crippen LogP contribution in [0.3, 0.4) is 0 Å². The molecular weight excluding hydrogens is 156 g/mol. The minimum Gasteiger partial charge on any atom is -0.314 e. The summed E-state index contributed by atoms with van der Waals surface area (Å²) in [4.78, 5) is 0. The Labute approximate surface area is 72.4 Å². The van der Waals surface area contributed by atoms with Crippen molar-refractivity contribution in [3.05, 3.63) is 0 Å². The van der Waals surface area contributed by atoms with Gasteiger partial charge in [0.15, 0.2) is 0 Å². The zero-order valence-corrected chi connectivity index (χ0v) is 7.51. The van der Waals surface area contributed by atoms with Gasteiger partial charge in [0.25, 0.3) is 0 Å². The Hall–Kier alpha value is -0.560. The van der Waals surface area contributed by atoms with Gasteiger partial charge in [-0.05, 0) is 13.8 Å². The van der Waals surface area contributed by atoms with E-state index in [0.717, 1.165) is 0 Å². The maximum atomic E-state index is 5.36. The van der Waals surface area contributed by atoms with E-state index in [1.54, 1.807) is 13.8 Å². The summed E-state index contributed by atoms with van der Waals surface area (Å²) < 4.78 is 0. The molecule has 2 unspecified atom stereocenters. The first-order valence-electron chi connectivity index (χ1n) is 3.87. The standard InChI is InChI=1S/C6H18N6/c1-3(5(7)8)11-12-4(2)6(9)10/h3-6H,7-10H2,1-2H3/b12-11+. The predicted molar refractivity (Wildman–Crippen MR) is 48.1 cm³/mol. The summed E-state index contributed by atoms with van der Waals surface area (Å²) in [6.45, 7) is 3.56. The van der Waals surface area contributed by atoms with Crippen LogP contribution in [0.15, 0.2) is 10.2 Å². The third kappa shape index (κ3) is 4.35. The van der Waals surface area contributed by atoms with Crippen LogP contribution in [0, 0.1) is 0 Å². The van der Waals surface area contributed by atoms with Crippen LogP contribution in [0.25, 0.3) is 0 Å². The molecule has 0 spiro atoms. The van der Waals surface area contributed by atoms with Crippen LogP contribution >= 0.6 is 0 Å². The summed E-state index contributed by atoms with van der Waals surface area (Å²) in [6.07, 6.45) is -0.982. The average Bonchev–Trinajstić information content (AvgIpc) is 1.98. The highest BCUT2D eigenvalue weighted by molar-refractivity contribution is 4.71. The van der Waals surface area contributed by atoms with Crippen molar-refractivity contribution in [3.63, 3.8) is 0 Å². The van der Waals surface area contributed by atoms with E-state index in [0.29, 0.717) is 0 Å². The molecular formula is C6H18N6. The summed E-state index contributed by atoms with van der Waals surface area (Å²) in [6, 6.07) is -0.405. The van der Waals surface area contributed by atoms with Crippen molar-refractivity contribution in [1.82, 2.24) is 0 Å². The normalized spacial score (nSPS) is 17.7. The van der Waals surface area contributed by atoms with Crippen molar-refractivity contribution in [3.8, 4) is 0 Å². The first-order valence-corrected chi connectivity index (χ1v) is 3.87. The van der Waals surface area contributed by atoms with E-state index in [9.17, 15) is 0 Å². The molecule has 12 heavy (non-hydrogen) atoms. The Kier molecular flexibility index (Phi) is 4.91. The van der Waals surface area contributed by atoms with Crippen molar-refractivity contribution in [2.75, 3.05) is 0 Å². The van der Waals surface area contributed by atoms with E-state index >= 15 is 0 Å². The minimum absolute atomic E-state index is 0.203. The quantitative estimate of drug-likeness (QED) is 0.312. The number of nitrogens with zero attached hydrogens (tertiary/aromatic N) is 2. The van der Waals surface area contributed by atoms with E-state index in [2.05, 4.69) is 10.2 Å². The molecule has 0 aromatic carbocycles. The summed E-state index contributed by atoms with van der Waals surface area (Å²) in [5.41, 5.74) is 21.4. The Morgan fingerprint density at radius 2 is 1.00 bits per heavy atom. The van der Waals surface area contributed by atoms with Crippen molar-refractivity contribution in [2.24, 2.45) is 33.2 Å². The Bertz CT molecular complexity index is 127. The van der Waals surface area contributed by atoms with Crippen molar-refractivity contribution >= 4 is 0 Å². The second kappa shape index (κ2) is 5.15. The minimum atomic E-state index is -0.491. The molecule has 0 amide bonds. The molecule has 0 aliphatic carbocycles. The molecule has 0 aromatic heterocycles. The lowest BCUT2D eigenvalue weighted by Crippen LogP contribution is -2.41. The topological polar surface area (TPSA) is 129 Å². The number of nitrogens with two attached hydrogens (primary N) is 4. The fourth-order valence-electron chi connectivity index (χ4n) is 0.364. The van der Waals surface area contributed by atoms with E-state index < -0.39 is 12.3 Å². The van der Waals surface area contributed by atoms with Gasteiger partial charge in [-0.2, -0.15) is 10.2 Å². The van der Waals surface area contributed by atoms with E-state index in [1.165, 1.54) is 0 Å². The molecule has 6 heteroatoms. The lowest BCUT2D eigenvalue weighted by molar-refractivity contribution is 0.501. The molecule has 6 nitrogen and oxygen atoms in total. The van der Waals surface area contributed by atoms with E-state index in [4.69, 9.17) is 22.9 Å². The van der Waals surface area contributed by atoms with Gasteiger partial charge in [0.05, 0.1) is 24.4 Å². The fourth-order valence-corrected chi connectivity index (χ4v) is 0.364. The van der Waals surface area contributed by atoms with Crippen molar-refractivity contribution in [1.29, 1.82) is 0 Å². The highest BCUT2D eigenvalue weighted by Gasteiger charge is 2.08. The fraction of sp³-hybridized carbons (Fsp3) is 1.00. The maximum absolute atomic E-state index is 5.36. The number of azo groups is 1. The van der Waals surface area contributed by atoms with Crippen LogP contribution in [-0.2, 0) is 0 Å². The van der Waals surface area contributed by atoms with Crippen LogP contribution in [0.2, 0.25) is 0 Å². The second-order valence-electron chi connectivity index (χ2n) is 2.87. The summed E-state index contributed by atoms with van der Waals surface area (Å²) in [7, 11) is 0. The highest BCUT2D eigenvalue weighted by atomic mass is 15.2. The van der Waals surface area contributed by atoms with Crippen LogP contribution in [-0.4, -0.2) is 24.4 Å². The van der Waals surface area contributed by atoms with Gasteiger partial charge < -0.3 is 22.9 Å². The molecule has 0 saturated carbocycles. The largest absolute Gasteiger partial charge is 0.314 e. The Morgan fingerprint density at radius 3 is 1.17 bits per heavy atom. The van der Waals surface area contributed by atoms with Gasteiger partial charge in [-0.15, -0.1) is 0 Å². The number of hydrogen-bond donors (Lipinski definition) is 4. The van der Waals surface area contributed by atoms with E-state index in [1.807, 2.05) is 0 Å². The molecule has 0 heterocycles. The summed E-state index contributed by atoms with van der Waals surface area (Å²) in [5.74, 6) is 0. The van der Waals surface area contributed by atoms with Crippen LogP contribution < -0.4 is 22.9 Å². The van der Waals surface area contributed by atoms with Gasteiger partial charge in [0.1, 0.15) is 0 Å². The third-order valence-corrected chi connectivity index (χ3v) is 1.55. The highest BCUT2D eigenvalue weighted by Crippen LogP contribution is 1.96. The molecule has 0 aliphatic heterocycles. The molecule has 0 radical (unpaired) electrons. The monoisotopic (exact) mass is 174 g/mol. The summed E-state index contributed by atoms with van der Waals surface area (Å²) >= 11 is 0. The molecule has 0 saturated heterocycles. The third-order valence-electron chi connectivity index (χ3n) is 1.55. The van der Waals surface area contributed by atoms with Crippen LogP contribution in [0.5, 0.6) is 0 Å². The van der Waals surface area contributed by atoms with Crippen molar-refractivity contribution < 1.29 is 0 Å². The predicted octanol–water partition coefficient (Wildman–Crippen LogP) is -1.30. The van der Waals surface area contributed by atoms with Gasteiger partial charge >= 0.3 is 0 Å². The van der Waals surface area contributed by atoms with Gasteiger partial charge in [0, 0.05) is 0 Å². The maximum Gasteiger partial charge on any atom is 0.0960 e. The zero-order chi connectivity index (χ0) is 9.72. The molecule has 8 N–H and O–H groups in total. The molecule has 72 valence electrons. The Balaban J connectivity index is 3.89. The second-order valence-corrected chi connectivity index (χ2v) is 2.87.